The van der Waals surface area contributed by atoms with Gasteiger partial charge in [0.2, 0.25) is 11.5 Å². The highest BCUT2D eigenvalue weighted by Gasteiger charge is 2.23. The molecule has 0 radical (unpaired) electrons. The first-order valence-corrected chi connectivity index (χ1v) is 7.54. The molecule has 3 rings (SSSR count). The zero-order valence-corrected chi connectivity index (χ0v) is 13.4. The predicted octanol–water partition coefficient (Wildman–Crippen LogP) is 1.87. The second kappa shape index (κ2) is 5.36. The van der Waals surface area contributed by atoms with Crippen molar-refractivity contribution in [2.45, 2.75) is 33.2 Å². The Morgan fingerprint density at radius 3 is 2.87 bits per heavy atom. The van der Waals surface area contributed by atoms with E-state index in [4.69, 9.17) is 5.73 Å². The summed E-state index contributed by atoms with van der Waals surface area (Å²) in [7, 11) is 0. The van der Waals surface area contributed by atoms with Crippen molar-refractivity contribution in [1.29, 1.82) is 5.26 Å². The van der Waals surface area contributed by atoms with Crippen molar-refractivity contribution in [3.05, 3.63) is 45.9 Å². The van der Waals surface area contributed by atoms with Crippen molar-refractivity contribution in [2.24, 2.45) is 0 Å². The zero-order chi connectivity index (χ0) is 16.7. The highest BCUT2D eigenvalue weighted by molar-refractivity contribution is 5.76. The van der Waals surface area contributed by atoms with Crippen LogP contribution in [0.3, 0.4) is 0 Å². The minimum atomic E-state index is -0.192. The van der Waals surface area contributed by atoms with Gasteiger partial charge in [-0.15, -0.1) is 0 Å². The van der Waals surface area contributed by atoms with Crippen LogP contribution in [-0.2, 0) is 0 Å². The van der Waals surface area contributed by atoms with Crippen LogP contribution in [-0.4, -0.2) is 9.38 Å². The molecule has 0 aliphatic rings. The molecule has 0 amide bonds. The monoisotopic (exact) mass is 308 g/mol. The maximum atomic E-state index is 12.8. The smallest absolute Gasteiger partial charge is 0.278 e. The Balaban J connectivity index is 2.58. The normalized spacial score (nSPS) is 12.4. The molecule has 6 nitrogen and oxygen atoms in total. The molecule has 0 saturated carbocycles. The number of hydrogen-bond donors (Lipinski definition) is 1. The van der Waals surface area contributed by atoms with E-state index in [1.807, 2.05) is 32.9 Å². The number of nitrogen functional groups attached to an aromatic ring is 1. The van der Waals surface area contributed by atoms with Gasteiger partial charge >= 0.3 is 0 Å². The van der Waals surface area contributed by atoms with E-state index in [0.29, 0.717) is 28.1 Å². The van der Waals surface area contributed by atoms with Crippen molar-refractivity contribution in [1.82, 2.24) is 9.38 Å². The topological polar surface area (TPSA) is 88.1 Å². The molecule has 0 bridgehead atoms. The molecule has 0 aliphatic carbocycles. The molecule has 23 heavy (non-hydrogen) atoms. The molecule has 3 heterocycles. The van der Waals surface area contributed by atoms with E-state index in [1.54, 1.807) is 10.8 Å². The Morgan fingerprint density at radius 2 is 2.22 bits per heavy atom. The Hall–Kier alpha value is -2.94. The number of nitriles is 1. The van der Waals surface area contributed by atoms with Gasteiger partial charge in [0.05, 0.1) is 6.04 Å². The molecular weight excluding hydrogens is 290 g/mol. The van der Waals surface area contributed by atoms with Gasteiger partial charge in [-0.05, 0) is 38.0 Å². The Morgan fingerprint density at radius 1 is 1.48 bits per heavy atom. The summed E-state index contributed by atoms with van der Waals surface area (Å²) < 4.78 is 3.30. The number of hydrogen-bond acceptors (Lipinski definition) is 4. The molecule has 0 saturated heterocycles. The summed E-state index contributed by atoms with van der Waals surface area (Å²) in [4.78, 5) is 17.5. The Labute approximate surface area is 133 Å². The van der Waals surface area contributed by atoms with Gasteiger partial charge in [-0.1, -0.05) is 18.0 Å². The molecule has 0 aromatic carbocycles. The lowest BCUT2D eigenvalue weighted by molar-refractivity contribution is -0.683. The van der Waals surface area contributed by atoms with Gasteiger partial charge < -0.3 is 5.73 Å². The fraction of sp³-hybridized carbons (Fsp3) is 0.294. The first-order chi connectivity index (χ1) is 11.0. The Bertz CT molecular complexity index is 1030. The average Bonchev–Trinajstić information content (AvgIpc) is 2.55. The second-order valence-corrected chi connectivity index (χ2v) is 5.77. The third-order valence-electron chi connectivity index (χ3n) is 4.19. The first-order valence-electron chi connectivity index (χ1n) is 7.54. The van der Waals surface area contributed by atoms with Gasteiger partial charge in [-0.2, -0.15) is 5.26 Å². The summed E-state index contributed by atoms with van der Waals surface area (Å²) in [5.74, 6) is 0.345. The minimum Gasteiger partial charge on any atom is -0.317 e. The summed E-state index contributed by atoms with van der Waals surface area (Å²) in [6.07, 6.45) is 2.56. The van der Waals surface area contributed by atoms with Crippen LogP contribution >= 0.6 is 0 Å². The van der Waals surface area contributed by atoms with Crippen LogP contribution in [0.4, 0.5) is 5.82 Å². The molecule has 0 unspecified atom stereocenters. The van der Waals surface area contributed by atoms with Crippen molar-refractivity contribution < 1.29 is 4.57 Å². The third kappa shape index (κ3) is 2.21. The fourth-order valence-corrected chi connectivity index (χ4v) is 2.74. The zero-order valence-electron chi connectivity index (χ0n) is 13.4. The average molecular weight is 308 g/mol. The number of rotatable bonds is 2. The van der Waals surface area contributed by atoms with E-state index in [0.717, 1.165) is 12.0 Å². The molecule has 116 valence electrons. The van der Waals surface area contributed by atoms with Gasteiger partial charge in [0.1, 0.15) is 17.0 Å². The lowest BCUT2D eigenvalue weighted by Crippen LogP contribution is -2.44. The fourth-order valence-electron chi connectivity index (χ4n) is 2.74. The number of aryl methyl sites for hydroxylation is 1. The highest BCUT2D eigenvalue weighted by Crippen LogP contribution is 2.17. The van der Waals surface area contributed by atoms with Crippen LogP contribution in [0.25, 0.3) is 16.7 Å². The maximum Gasteiger partial charge on any atom is 0.278 e. The van der Waals surface area contributed by atoms with Gasteiger partial charge in [0, 0.05) is 6.20 Å². The van der Waals surface area contributed by atoms with E-state index in [9.17, 15) is 10.1 Å². The maximum absolute atomic E-state index is 12.8. The van der Waals surface area contributed by atoms with Crippen LogP contribution in [0.2, 0.25) is 0 Å². The summed E-state index contributed by atoms with van der Waals surface area (Å²) >= 11 is 0. The van der Waals surface area contributed by atoms with Crippen LogP contribution in [0.1, 0.15) is 37.4 Å². The second-order valence-electron chi connectivity index (χ2n) is 5.77. The van der Waals surface area contributed by atoms with Crippen LogP contribution in [0.5, 0.6) is 0 Å². The van der Waals surface area contributed by atoms with E-state index in [2.05, 4.69) is 11.1 Å². The van der Waals surface area contributed by atoms with E-state index >= 15 is 0 Å². The van der Waals surface area contributed by atoms with Gasteiger partial charge in [0.25, 0.3) is 11.2 Å². The number of anilines is 1. The van der Waals surface area contributed by atoms with Gasteiger partial charge in [-0.25, -0.2) is 4.57 Å². The minimum absolute atomic E-state index is 0.0330. The lowest BCUT2D eigenvalue weighted by atomic mass is 10.1. The van der Waals surface area contributed by atoms with E-state index < -0.39 is 0 Å². The summed E-state index contributed by atoms with van der Waals surface area (Å²) in [6.45, 7) is 5.94. The number of fused-ring (bicyclic) bond motifs is 2. The van der Waals surface area contributed by atoms with Crippen LogP contribution in [0.15, 0.2) is 29.2 Å². The summed E-state index contributed by atoms with van der Waals surface area (Å²) in [5.41, 5.74) is 8.30. The molecule has 3 aromatic rings. The van der Waals surface area contributed by atoms with Crippen LogP contribution < -0.4 is 15.9 Å². The molecule has 0 aliphatic heterocycles. The van der Waals surface area contributed by atoms with Gasteiger partial charge in [0.15, 0.2) is 0 Å². The summed E-state index contributed by atoms with van der Waals surface area (Å²) in [6, 6.07) is 7.36. The summed E-state index contributed by atoms with van der Waals surface area (Å²) in [5, 5.41) is 9.73. The number of pyridine rings is 2. The van der Waals surface area contributed by atoms with Crippen molar-refractivity contribution in [3.8, 4) is 6.07 Å². The predicted molar refractivity (Wildman–Crippen MR) is 88.0 cm³/mol. The molecule has 2 N–H and O–H groups in total. The van der Waals surface area contributed by atoms with E-state index in [-0.39, 0.29) is 11.6 Å². The first kappa shape index (κ1) is 15.0. The lowest BCUT2D eigenvalue weighted by Gasteiger charge is -2.14. The van der Waals surface area contributed by atoms with Crippen molar-refractivity contribution in [2.75, 3.05) is 5.73 Å². The van der Waals surface area contributed by atoms with Crippen molar-refractivity contribution >= 4 is 22.5 Å². The third-order valence-corrected chi connectivity index (χ3v) is 4.19. The highest BCUT2D eigenvalue weighted by atomic mass is 16.1. The largest absolute Gasteiger partial charge is 0.317 e. The number of nitrogens with two attached hydrogens (primary N) is 1. The number of aromatic nitrogens is 3. The SMILES string of the molecule is CC[C@H](C)[n+]1c(N)c(C#N)cc2c(=O)n3cc(C)ccc3nc21. The molecule has 0 spiro atoms. The molecule has 6 heteroatoms. The van der Waals surface area contributed by atoms with Gasteiger partial charge in [-0.3, -0.25) is 9.20 Å². The standard InChI is InChI=1S/C17H17N5O/c1-4-11(3)22-15(19)12(8-18)7-13-16(22)20-14-6-5-10(2)9-21(14)17(13)23/h5-7,9,11,19H,4H2,1-3H3/p+1/t11-/m0/s1. The quantitative estimate of drug-likeness (QED) is 0.578. The van der Waals surface area contributed by atoms with E-state index in [1.165, 1.54) is 10.5 Å². The molecule has 0 fully saturated rings. The number of nitrogens with zero attached hydrogens (tertiary/aromatic N) is 4. The van der Waals surface area contributed by atoms with Crippen LogP contribution in [0, 0.1) is 18.3 Å². The Kier molecular flexibility index (Phi) is 3.49. The van der Waals surface area contributed by atoms with Crippen molar-refractivity contribution in [3.63, 3.8) is 0 Å². The molecule has 3 aromatic heterocycles. The molecular formula is C17H18N5O+. The molecule has 1 atom stereocenters.